The first kappa shape index (κ1) is 21.7. The normalized spacial score (nSPS) is 19.5. The maximum absolute atomic E-state index is 13.2. The number of piperazine rings is 1. The number of amides is 1. The highest BCUT2D eigenvalue weighted by Crippen LogP contribution is 2.31. The molecule has 2 saturated heterocycles. The Kier molecular flexibility index (Phi) is 5.63. The van der Waals surface area contributed by atoms with E-state index in [1.165, 1.54) is 5.56 Å². The zero-order valence-electron chi connectivity index (χ0n) is 19.6. The van der Waals surface area contributed by atoms with Gasteiger partial charge in [-0.3, -0.25) is 19.6 Å². The summed E-state index contributed by atoms with van der Waals surface area (Å²) in [4.78, 5) is 28.4. The van der Waals surface area contributed by atoms with Gasteiger partial charge in [-0.1, -0.05) is 30.3 Å². The van der Waals surface area contributed by atoms with Gasteiger partial charge in [-0.2, -0.15) is 9.61 Å². The van der Waals surface area contributed by atoms with Crippen LogP contribution in [0.3, 0.4) is 0 Å². The molecule has 1 amide bonds. The third kappa shape index (κ3) is 4.13. The molecule has 1 unspecified atom stereocenters. The summed E-state index contributed by atoms with van der Waals surface area (Å²) in [5.74, 6) is 1.61. The first-order valence-electron chi connectivity index (χ1n) is 11.9. The second-order valence-electron chi connectivity index (χ2n) is 8.95. The lowest BCUT2D eigenvalue weighted by atomic mass is 10.0. The van der Waals surface area contributed by atoms with Crippen molar-refractivity contribution in [2.75, 3.05) is 56.2 Å². The van der Waals surface area contributed by atoms with Gasteiger partial charge in [0.05, 0.1) is 31.5 Å². The predicted molar refractivity (Wildman–Crippen MR) is 133 cm³/mol. The zero-order chi connectivity index (χ0) is 23.8. The lowest BCUT2D eigenvalue weighted by Crippen LogP contribution is -2.51. The Morgan fingerprint density at radius 2 is 1.77 bits per heavy atom. The lowest BCUT2D eigenvalue weighted by Gasteiger charge is -2.39. The monoisotopic (exact) mass is 469 g/mol. The van der Waals surface area contributed by atoms with E-state index in [1.54, 1.807) is 12.4 Å². The number of hydrogen-bond donors (Lipinski definition) is 0. The summed E-state index contributed by atoms with van der Waals surface area (Å²) in [6.07, 6.45) is 3.52. The van der Waals surface area contributed by atoms with Crippen molar-refractivity contribution >= 4 is 23.2 Å². The number of carbonyl (C=O) groups is 1. The van der Waals surface area contributed by atoms with Crippen LogP contribution in [0.15, 0.2) is 67.0 Å². The summed E-state index contributed by atoms with van der Waals surface area (Å²) in [7, 11) is 2.00. The fourth-order valence-electron chi connectivity index (χ4n) is 4.84. The van der Waals surface area contributed by atoms with Crippen LogP contribution < -0.4 is 9.80 Å². The molecule has 0 bridgehead atoms. The van der Waals surface area contributed by atoms with E-state index < -0.39 is 0 Å². The van der Waals surface area contributed by atoms with E-state index in [-0.39, 0.29) is 11.9 Å². The first-order chi connectivity index (χ1) is 17.2. The van der Waals surface area contributed by atoms with Crippen LogP contribution in [0.4, 0.5) is 11.6 Å². The highest BCUT2D eigenvalue weighted by Gasteiger charge is 2.33. The fourth-order valence-corrected chi connectivity index (χ4v) is 4.84. The van der Waals surface area contributed by atoms with Crippen molar-refractivity contribution in [3.05, 3.63) is 72.6 Å². The van der Waals surface area contributed by atoms with Crippen LogP contribution in [-0.2, 0) is 9.53 Å². The largest absolute Gasteiger partial charge is 0.378 e. The smallest absolute Gasteiger partial charge is 0.242 e. The number of aromatic nitrogens is 4. The molecule has 1 atom stereocenters. The van der Waals surface area contributed by atoms with Crippen LogP contribution >= 0.6 is 0 Å². The van der Waals surface area contributed by atoms with Crippen molar-refractivity contribution in [3.63, 3.8) is 0 Å². The van der Waals surface area contributed by atoms with Gasteiger partial charge in [0.25, 0.3) is 0 Å². The summed E-state index contributed by atoms with van der Waals surface area (Å²) >= 11 is 0. The van der Waals surface area contributed by atoms with Crippen molar-refractivity contribution in [1.29, 1.82) is 0 Å². The van der Waals surface area contributed by atoms with Crippen molar-refractivity contribution in [3.8, 4) is 11.3 Å². The average molecular weight is 470 g/mol. The third-order valence-corrected chi connectivity index (χ3v) is 6.74. The van der Waals surface area contributed by atoms with Crippen LogP contribution in [-0.4, -0.2) is 76.8 Å². The maximum Gasteiger partial charge on any atom is 0.242 e. The van der Waals surface area contributed by atoms with E-state index in [0.29, 0.717) is 37.8 Å². The first-order valence-corrected chi connectivity index (χ1v) is 11.9. The number of pyridine rings is 1. The molecule has 0 saturated carbocycles. The summed E-state index contributed by atoms with van der Waals surface area (Å²) in [5, 5.41) is 4.87. The van der Waals surface area contributed by atoms with Crippen LogP contribution in [0.1, 0.15) is 11.6 Å². The summed E-state index contributed by atoms with van der Waals surface area (Å²) < 4.78 is 7.46. The lowest BCUT2D eigenvalue weighted by molar-refractivity contribution is -0.122. The molecule has 0 spiro atoms. The number of rotatable bonds is 4. The Bertz CT molecular complexity index is 1340. The van der Waals surface area contributed by atoms with Gasteiger partial charge >= 0.3 is 0 Å². The molecule has 5 heterocycles. The number of likely N-dealkylation sites (N-methyl/N-ethyl adjacent to an activating group) is 1. The Balaban J connectivity index is 1.44. The number of nitrogens with zero attached hydrogens (tertiary/aromatic N) is 7. The van der Waals surface area contributed by atoms with Crippen molar-refractivity contribution in [1.82, 2.24) is 24.5 Å². The van der Waals surface area contributed by atoms with E-state index >= 15 is 0 Å². The SMILES string of the molecule is CN1CC(=O)N(c2cc(N3CCOCC3)n3nc(-c4ccncc4)cc3n2)CC1c1ccccc1. The molecule has 2 aliphatic rings. The molecule has 3 aromatic heterocycles. The van der Waals surface area contributed by atoms with E-state index in [9.17, 15) is 4.79 Å². The van der Waals surface area contributed by atoms with Crippen LogP contribution in [0.25, 0.3) is 16.9 Å². The molecule has 6 rings (SSSR count). The van der Waals surface area contributed by atoms with E-state index in [4.69, 9.17) is 14.8 Å². The van der Waals surface area contributed by atoms with Gasteiger partial charge in [-0.15, -0.1) is 0 Å². The van der Waals surface area contributed by atoms with Gasteiger partial charge in [-0.05, 0) is 24.7 Å². The zero-order valence-corrected chi connectivity index (χ0v) is 19.6. The van der Waals surface area contributed by atoms with E-state index in [2.05, 4.69) is 26.9 Å². The molecule has 0 N–H and O–H groups in total. The second-order valence-corrected chi connectivity index (χ2v) is 8.95. The molecule has 9 nitrogen and oxygen atoms in total. The molecule has 2 fully saturated rings. The van der Waals surface area contributed by atoms with Gasteiger partial charge in [0, 0.05) is 49.7 Å². The Morgan fingerprint density at radius 1 is 1.00 bits per heavy atom. The molecule has 35 heavy (non-hydrogen) atoms. The minimum Gasteiger partial charge on any atom is -0.378 e. The number of morpholine rings is 1. The topological polar surface area (TPSA) is 79.1 Å². The number of hydrogen-bond acceptors (Lipinski definition) is 7. The van der Waals surface area contributed by atoms with E-state index in [0.717, 1.165) is 30.2 Å². The summed E-state index contributed by atoms with van der Waals surface area (Å²) in [6, 6.07) is 18.2. The van der Waals surface area contributed by atoms with Crippen molar-refractivity contribution in [2.24, 2.45) is 0 Å². The molecule has 4 aromatic rings. The number of benzene rings is 1. The van der Waals surface area contributed by atoms with Crippen LogP contribution in [0, 0.1) is 0 Å². The van der Waals surface area contributed by atoms with Gasteiger partial charge in [0.2, 0.25) is 5.91 Å². The molecular weight excluding hydrogens is 442 g/mol. The third-order valence-electron chi connectivity index (χ3n) is 6.74. The highest BCUT2D eigenvalue weighted by molar-refractivity contribution is 5.95. The summed E-state index contributed by atoms with van der Waals surface area (Å²) in [6.45, 7) is 3.69. The fraction of sp³-hybridized carbons (Fsp3) is 0.308. The molecule has 0 radical (unpaired) electrons. The molecule has 2 aliphatic heterocycles. The van der Waals surface area contributed by atoms with Crippen molar-refractivity contribution < 1.29 is 9.53 Å². The molecule has 9 heteroatoms. The molecule has 178 valence electrons. The van der Waals surface area contributed by atoms with E-state index in [1.807, 2.05) is 58.9 Å². The second kappa shape index (κ2) is 9.09. The van der Waals surface area contributed by atoms with Gasteiger partial charge < -0.3 is 9.64 Å². The number of fused-ring (bicyclic) bond motifs is 1. The number of carbonyl (C=O) groups excluding carboxylic acids is 1. The minimum absolute atomic E-state index is 0.0401. The van der Waals surface area contributed by atoms with Gasteiger partial charge in [-0.25, -0.2) is 4.98 Å². The Labute approximate surface area is 203 Å². The molecule has 1 aromatic carbocycles. The average Bonchev–Trinajstić information content (AvgIpc) is 3.34. The molecule has 0 aliphatic carbocycles. The quantitative estimate of drug-likeness (QED) is 0.455. The van der Waals surface area contributed by atoms with Crippen molar-refractivity contribution in [2.45, 2.75) is 6.04 Å². The highest BCUT2D eigenvalue weighted by atomic mass is 16.5. The van der Waals surface area contributed by atoms with Crippen LogP contribution in [0.2, 0.25) is 0 Å². The Morgan fingerprint density at radius 3 is 2.54 bits per heavy atom. The van der Waals surface area contributed by atoms with Crippen LogP contribution in [0.5, 0.6) is 0 Å². The standard InChI is InChI=1S/C26H27N7O2/c1-30-18-26(34)32(17-22(30)20-5-3-2-4-6-20)23-16-25(31-11-13-35-14-12-31)33-24(28-23)15-21(29-33)19-7-9-27-10-8-19/h2-10,15-16,22H,11-14,17-18H2,1H3. The minimum atomic E-state index is 0.0401. The molecular formula is C26H27N7O2. The summed E-state index contributed by atoms with van der Waals surface area (Å²) in [5.41, 5.74) is 3.68. The Hall–Kier alpha value is -3.82. The predicted octanol–water partition coefficient (Wildman–Crippen LogP) is 2.65. The number of ether oxygens (including phenoxy) is 1. The van der Waals surface area contributed by atoms with Gasteiger partial charge in [0.15, 0.2) is 5.65 Å². The van der Waals surface area contributed by atoms with Gasteiger partial charge in [0.1, 0.15) is 11.6 Å². The number of anilines is 2. The maximum atomic E-state index is 13.2.